The van der Waals surface area contributed by atoms with Gasteiger partial charge in [-0.05, 0) is 40.5 Å². The fourth-order valence-electron chi connectivity index (χ4n) is 2.08. The van der Waals surface area contributed by atoms with Crippen molar-refractivity contribution in [3.05, 3.63) is 39.9 Å². The van der Waals surface area contributed by atoms with E-state index in [1.54, 1.807) is 18.2 Å². The highest BCUT2D eigenvalue weighted by Crippen LogP contribution is 2.31. The third-order valence-corrected chi connectivity index (χ3v) is 3.96. The van der Waals surface area contributed by atoms with Crippen LogP contribution in [0.1, 0.15) is 16.8 Å². The summed E-state index contributed by atoms with van der Waals surface area (Å²) in [5.74, 6) is 0.198. The van der Waals surface area contributed by atoms with Crippen LogP contribution >= 0.6 is 15.9 Å². The zero-order chi connectivity index (χ0) is 15.6. The lowest BCUT2D eigenvalue weighted by atomic mass is 10.1. The van der Waals surface area contributed by atoms with E-state index in [9.17, 15) is 18.0 Å². The van der Waals surface area contributed by atoms with Gasteiger partial charge in [0.25, 0.3) is 5.91 Å². The second-order valence-corrected chi connectivity index (χ2v) is 5.43. The van der Waals surface area contributed by atoms with Crippen LogP contribution in [0.3, 0.4) is 0 Å². The monoisotopic (exact) mass is 363 g/mol. The molecule has 0 spiro atoms. The molecule has 0 atom stereocenters. The molecule has 0 aliphatic carbocycles. The van der Waals surface area contributed by atoms with Crippen LogP contribution in [0.2, 0.25) is 0 Å². The molecule has 0 fully saturated rings. The van der Waals surface area contributed by atoms with Crippen LogP contribution in [-0.2, 0) is 0 Å². The predicted octanol–water partition coefficient (Wildman–Crippen LogP) is 3.79. The van der Waals surface area contributed by atoms with E-state index in [4.69, 9.17) is 4.74 Å². The molecule has 0 N–H and O–H groups in total. The maximum atomic E-state index is 12.6. The Labute approximate surface area is 128 Å². The number of hydrogen-bond acceptors (Lipinski definition) is 2. The Hall–Kier alpha value is -1.50. The first kappa shape index (κ1) is 15.9. The van der Waals surface area contributed by atoms with Crippen molar-refractivity contribution in [2.45, 2.75) is 12.6 Å². The number of methoxy groups -OCH3 is 1. The van der Waals surface area contributed by atoms with Gasteiger partial charge in [0.1, 0.15) is 5.75 Å². The van der Waals surface area contributed by atoms with E-state index < -0.39 is 11.7 Å². The second kappa shape index (κ2) is 6.09. The quantitative estimate of drug-likeness (QED) is 0.748. The van der Waals surface area contributed by atoms with Gasteiger partial charge in [-0.1, -0.05) is 6.08 Å². The summed E-state index contributed by atoms with van der Waals surface area (Å²) in [6.07, 6.45) is -3.43. The van der Waals surface area contributed by atoms with Gasteiger partial charge in [0.15, 0.2) is 0 Å². The summed E-state index contributed by atoms with van der Waals surface area (Å²) in [6, 6.07) is 4.93. The highest BCUT2D eigenvalue weighted by Gasteiger charge is 2.35. The molecule has 21 heavy (non-hydrogen) atoms. The number of nitrogens with zero attached hydrogens (tertiary/aromatic N) is 1. The number of amides is 1. The summed E-state index contributed by atoms with van der Waals surface area (Å²) in [7, 11) is 1.48. The topological polar surface area (TPSA) is 29.5 Å². The number of halogens is 4. The van der Waals surface area contributed by atoms with Gasteiger partial charge in [-0.25, -0.2) is 0 Å². The first-order valence-corrected chi connectivity index (χ1v) is 7.01. The van der Waals surface area contributed by atoms with Crippen LogP contribution in [0, 0.1) is 0 Å². The molecule has 1 amide bonds. The molecule has 0 unspecified atom stereocenters. The Morgan fingerprint density at radius 1 is 1.38 bits per heavy atom. The lowest BCUT2D eigenvalue weighted by Crippen LogP contribution is -2.36. The fraction of sp³-hybridized carbons (Fsp3) is 0.357. The Morgan fingerprint density at radius 2 is 2.10 bits per heavy atom. The second-order valence-electron chi connectivity index (χ2n) is 4.57. The van der Waals surface area contributed by atoms with Crippen LogP contribution < -0.4 is 4.74 Å². The van der Waals surface area contributed by atoms with E-state index in [-0.39, 0.29) is 25.4 Å². The summed E-state index contributed by atoms with van der Waals surface area (Å²) in [4.78, 5) is 13.8. The standard InChI is InChI=1S/C14H13BrF3NO2/c1-21-10-2-3-12(15)11(8-10)13(20)19-6-4-9(5-7-19)14(16,17)18/h2-4,8H,5-7H2,1H3. The van der Waals surface area contributed by atoms with Gasteiger partial charge in [-0.2, -0.15) is 13.2 Å². The largest absolute Gasteiger partial charge is 0.497 e. The molecule has 1 aromatic rings. The summed E-state index contributed by atoms with van der Waals surface area (Å²) >= 11 is 3.27. The molecule has 2 rings (SSSR count). The summed E-state index contributed by atoms with van der Waals surface area (Å²) in [6.45, 7) is 0.00511. The summed E-state index contributed by atoms with van der Waals surface area (Å²) in [5, 5.41) is 0. The summed E-state index contributed by atoms with van der Waals surface area (Å²) in [5.41, 5.74) is -0.200. The van der Waals surface area contributed by atoms with Crippen LogP contribution in [0.4, 0.5) is 13.2 Å². The third-order valence-electron chi connectivity index (χ3n) is 3.26. The van der Waals surface area contributed by atoms with Gasteiger partial charge >= 0.3 is 6.18 Å². The third kappa shape index (κ3) is 3.58. The molecule has 3 nitrogen and oxygen atoms in total. The molecule has 0 saturated heterocycles. The van der Waals surface area contributed by atoms with Crippen molar-refractivity contribution < 1.29 is 22.7 Å². The molecule has 1 aromatic carbocycles. The fourth-order valence-corrected chi connectivity index (χ4v) is 2.49. The van der Waals surface area contributed by atoms with Crippen LogP contribution in [0.5, 0.6) is 5.75 Å². The molecular weight excluding hydrogens is 351 g/mol. The minimum Gasteiger partial charge on any atom is -0.497 e. The first-order chi connectivity index (χ1) is 9.82. The molecule has 1 heterocycles. The van der Waals surface area contributed by atoms with Crippen LogP contribution in [-0.4, -0.2) is 37.2 Å². The number of carbonyl (C=O) groups excluding carboxylic acids is 1. The molecule has 0 saturated carbocycles. The Kier molecular flexibility index (Phi) is 4.61. The average Bonchev–Trinajstić information content (AvgIpc) is 2.46. The number of hydrogen-bond donors (Lipinski definition) is 0. The van der Waals surface area contributed by atoms with E-state index in [1.807, 2.05) is 0 Å². The van der Waals surface area contributed by atoms with Crippen molar-refractivity contribution in [1.82, 2.24) is 4.90 Å². The minimum absolute atomic E-state index is 0.0443. The van der Waals surface area contributed by atoms with Crippen molar-refractivity contribution in [2.75, 3.05) is 20.2 Å². The van der Waals surface area contributed by atoms with Crippen LogP contribution in [0.25, 0.3) is 0 Å². The molecule has 0 aromatic heterocycles. The minimum atomic E-state index is -4.31. The van der Waals surface area contributed by atoms with Gasteiger partial charge in [0.2, 0.25) is 0 Å². The lowest BCUT2D eigenvalue weighted by molar-refractivity contribution is -0.0957. The van der Waals surface area contributed by atoms with Gasteiger partial charge < -0.3 is 9.64 Å². The highest BCUT2D eigenvalue weighted by atomic mass is 79.9. The molecule has 7 heteroatoms. The number of alkyl halides is 3. The molecular formula is C14H13BrF3NO2. The maximum absolute atomic E-state index is 12.6. The normalized spacial score (nSPS) is 15.7. The highest BCUT2D eigenvalue weighted by molar-refractivity contribution is 9.10. The maximum Gasteiger partial charge on any atom is 0.412 e. The molecule has 0 radical (unpaired) electrons. The van der Waals surface area contributed by atoms with E-state index in [2.05, 4.69) is 15.9 Å². The number of carbonyl (C=O) groups is 1. The lowest BCUT2D eigenvalue weighted by Gasteiger charge is -2.27. The molecule has 1 aliphatic rings. The zero-order valence-electron chi connectivity index (χ0n) is 11.2. The van der Waals surface area contributed by atoms with Crippen molar-refractivity contribution in [3.63, 3.8) is 0 Å². The molecule has 1 aliphatic heterocycles. The molecule has 0 bridgehead atoms. The average molecular weight is 364 g/mol. The van der Waals surface area contributed by atoms with Gasteiger partial charge in [-0.15, -0.1) is 0 Å². The van der Waals surface area contributed by atoms with Crippen molar-refractivity contribution in [1.29, 1.82) is 0 Å². The van der Waals surface area contributed by atoms with Crippen LogP contribution in [0.15, 0.2) is 34.3 Å². The van der Waals surface area contributed by atoms with E-state index in [0.717, 1.165) is 6.08 Å². The molecule has 114 valence electrons. The van der Waals surface area contributed by atoms with E-state index in [0.29, 0.717) is 15.8 Å². The Morgan fingerprint density at radius 3 is 2.62 bits per heavy atom. The summed E-state index contributed by atoms with van der Waals surface area (Å²) < 4.78 is 43.3. The Bertz CT molecular complexity index is 584. The van der Waals surface area contributed by atoms with Gasteiger partial charge in [0.05, 0.1) is 12.7 Å². The zero-order valence-corrected chi connectivity index (χ0v) is 12.8. The first-order valence-electron chi connectivity index (χ1n) is 6.22. The van der Waals surface area contributed by atoms with E-state index in [1.165, 1.54) is 12.0 Å². The van der Waals surface area contributed by atoms with Crippen molar-refractivity contribution in [3.8, 4) is 5.75 Å². The SMILES string of the molecule is COc1ccc(Br)c(C(=O)N2CC=C(C(F)(F)F)CC2)c1. The van der Waals surface area contributed by atoms with E-state index >= 15 is 0 Å². The van der Waals surface area contributed by atoms with Crippen molar-refractivity contribution >= 4 is 21.8 Å². The number of ether oxygens (including phenoxy) is 1. The smallest absolute Gasteiger partial charge is 0.412 e. The predicted molar refractivity (Wildman–Crippen MR) is 75.4 cm³/mol. The van der Waals surface area contributed by atoms with Gasteiger partial charge in [0, 0.05) is 23.1 Å². The van der Waals surface area contributed by atoms with Crippen molar-refractivity contribution in [2.24, 2.45) is 0 Å². The number of rotatable bonds is 2. The Balaban J connectivity index is 2.18. The van der Waals surface area contributed by atoms with Gasteiger partial charge in [-0.3, -0.25) is 4.79 Å². The number of benzene rings is 1.